The first-order valence-corrected chi connectivity index (χ1v) is 6.21. The fraction of sp³-hybridized carbons (Fsp3) is 0.778. The second-order valence-corrected chi connectivity index (χ2v) is 5.94. The first kappa shape index (κ1) is 12.6. The van der Waals surface area contributed by atoms with Crippen LogP contribution in [0.15, 0.2) is 11.9 Å². The lowest BCUT2D eigenvalue weighted by Crippen LogP contribution is -2.23. The highest BCUT2D eigenvalue weighted by molar-refractivity contribution is 7.91. The largest absolute Gasteiger partial charge is 0.229 e. The van der Waals surface area contributed by atoms with Crippen LogP contribution < -0.4 is 0 Å². The summed E-state index contributed by atoms with van der Waals surface area (Å²) in [6.45, 7) is 4.82. The normalized spacial score (nSPS) is 18.4. The molecule has 2 atom stereocenters. The molecule has 0 unspecified atom stereocenters. The van der Waals surface area contributed by atoms with E-state index >= 15 is 0 Å². The maximum absolute atomic E-state index is 12.3. The zero-order valence-electron chi connectivity index (χ0n) is 8.54. The predicted octanol–water partition coefficient (Wildman–Crippen LogP) is 2.32. The second-order valence-electron chi connectivity index (χ2n) is 3.54. The molecule has 0 aliphatic heterocycles. The van der Waals surface area contributed by atoms with Crippen LogP contribution in [0.4, 0.5) is 4.39 Å². The zero-order valence-corrected chi connectivity index (χ0v) is 9.36. The fourth-order valence-electron chi connectivity index (χ4n) is 0.962. The van der Waals surface area contributed by atoms with Gasteiger partial charge in [0.2, 0.25) is 0 Å². The second kappa shape index (κ2) is 4.74. The molecule has 0 rings (SSSR count). The molecule has 0 saturated heterocycles. The summed E-state index contributed by atoms with van der Waals surface area (Å²) >= 11 is 0. The predicted molar refractivity (Wildman–Crippen MR) is 53.0 cm³/mol. The third-order valence-electron chi connectivity index (χ3n) is 2.25. The summed E-state index contributed by atoms with van der Waals surface area (Å²) in [5, 5.41) is -0.414. The molecule has 0 N–H and O–H groups in total. The van der Waals surface area contributed by atoms with Gasteiger partial charge in [0.25, 0.3) is 0 Å². The monoisotopic (exact) mass is 208 g/mol. The van der Waals surface area contributed by atoms with Crippen LogP contribution in [0, 0.1) is 5.92 Å². The maximum Gasteiger partial charge on any atom is 0.150 e. The van der Waals surface area contributed by atoms with E-state index in [2.05, 4.69) is 0 Å². The van der Waals surface area contributed by atoms with Crippen molar-refractivity contribution in [2.45, 2.75) is 32.4 Å². The van der Waals surface area contributed by atoms with Gasteiger partial charge >= 0.3 is 0 Å². The molecule has 0 heterocycles. The van der Waals surface area contributed by atoms with Gasteiger partial charge in [-0.1, -0.05) is 13.0 Å². The van der Waals surface area contributed by atoms with Crippen LogP contribution in [0.3, 0.4) is 0 Å². The molecule has 0 fully saturated rings. The van der Waals surface area contributed by atoms with Crippen molar-refractivity contribution in [3.63, 3.8) is 0 Å². The lowest BCUT2D eigenvalue weighted by molar-refractivity contribution is 0.522. The van der Waals surface area contributed by atoms with E-state index in [0.717, 1.165) is 0 Å². The van der Waals surface area contributed by atoms with Crippen molar-refractivity contribution in [1.82, 2.24) is 0 Å². The molecular formula is C9H17FO2S. The Morgan fingerprint density at radius 3 is 2.23 bits per heavy atom. The average molecular weight is 208 g/mol. The Bertz CT molecular complexity index is 276. The van der Waals surface area contributed by atoms with E-state index in [-0.39, 0.29) is 11.7 Å². The number of hydrogen-bond donors (Lipinski definition) is 0. The number of sulfone groups is 1. The molecule has 0 aromatic carbocycles. The van der Waals surface area contributed by atoms with Crippen molar-refractivity contribution >= 4 is 9.84 Å². The molecular weight excluding hydrogens is 191 g/mol. The van der Waals surface area contributed by atoms with E-state index in [1.165, 1.54) is 19.3 Å². The topological polar surface area (TPSA) is 34.1 Å². The molecule has 0 spiro atoms. The highest BCUT2D eigenvalue weighted by Gasteiger charge is 2.20. The Kier molecular flexibility index (Phi) is 4.61. The fourth-order valence-corrected chi connectivity index (χ4v) is 1.92. The van der Waals surface area contributed by atoms with E-state index in [4.69, 9.17) is 0 Å². The van der Waals surface area contributed by atoms with E-state index in [1.54, 1.807) is 6.92 Å². The minimum absolute atomic E-state index is 0.0410. The number of hydrogen-bond acceptors (Lipinski definition) is 2. The van der Waals surface area contributed by atoms with Crippen molar-refractivity contribution in [1.29, 1.82) is 0 Å². The summed E-state index contributed by atoms with van der Waals surface area (Å²) in [5.41, 5.74) is 0. The first-order chi connectivity index (χ1) is 5.75. The molecule has 0 bridgehead atoms. The van der Waals surface area contributed by atoms with Gasteiger partial charge in [0, 0.05) is 6.26 Å². The van der Waals surface area contributed by atoms with Crippen molar-refractivity contribution in [2.75, 3.05) is 6.26 Å². The van der Waals surface area contributed by atoms with E-state index in [9.17, 15) is 12.8 Å². The van der Waals surface area contributed by atoms with Crippen LogP contribution in [0.1, 0.15) is 27.2 Å². The van der Waals surface area contributed by atoms with Crippen LogP contribution in [0.5, 0.6) is 0 Å². The highest BCUT2D eigenvalue weighted by Crippen LogP contribution is 2.16. The van der Waals surface area contributed by atoms with Gasteiger partial charge in [0.1, 0.15) is 9.84 Å². The van der Waals surface area contributed by atoms with E-state index in [1.807, 2.05) is 6.92 Å². The third-order valence-corrected chi connectivity index (χ3v) is 4.06. The lowest BCUT2D eigenvalue weighted by atomic mass is 10.0. The van der Waals surface area contributed by atoms with Crippen molar-refractivity contribution in [3.05, 3.63) is 11.9 Å². The Morgan fingerprint density at radius 2 is 1.92 bits per heavy atom. The molecule has 0 aromatic heterocycles. The average Bonchev–Trinajstić information content (AvgIpc) is 1.96. The van der Waals surface area contributed by atoms with Crippen molar-refractivity contribution < 1.29 is 12.8 Å². The van der Waals surface area contributed by atoms with Crippen LogP contribution in [0.2, 0.25) is 0 Å². The molecule has 0 amide bonds. The Balaban J connectivity index is 4.29. The molecule has 0 saturated carbocycles. The molecule has 2 nitrogen and oxygen atoms in total. The van der Waals surface area contributed by atoms with Gasteiger partial charge in [-0.2, -0.15) is 0 Å². The van der Waals surface area contributed by atoms with Crippen LogP contribution in [-0.4, -0.2) is 19.9 Å². The lowest BCUT2D eigenvalue weighted by Gasteiger charge is -2.16. The van der Waals surface area contributed by atoms with Gasteiger partial charge in [-0.15, -0.1) is 0 Å². The number of allylic oxidation sites excluding steroid dienone is 2. The SMILES string of the molecule is C/C(F)=C/C[C@H](C)[C@@H](C)S(C)(=O)=O. The van der Waals surface area contributed by atoms with E-state index in [0.29, 0.717) is 6.42 Å². The smallest absolute Gasteiger partial charge is 0.150 e. The quantitative estimate of drug-likeness (QED) is 0.710. The van der Waals surface area contributed by atoms with Crippen molar-refractivity contribution in [2.24, 2.45) is 5.92 Å². The standard InChI is InChI=1S/C9H17FO2S/c1-7(5-6-8(2)10)9(3)13(4,11)12/h6-7,9H,5H2,1-4H3/b8-6-/t7-,9+/m0/s1. The number of rotatable bonds is 4. The first-order valence-electron chi connectivity index (χ1n) is 4.26. The summed E-state index contributed by atoms with van der Waals surface area (Å²) in [7, 11) is -3.00. The van der Waals surface area contributed by atoms with Crippen molar-refractivity contribution in [3.8, 4) is 0 Å². The van der Waals surface area contributed by atoms with Gasteiger partial charge in [-0.25, -0.2) is 12.8 Å². The highest BCUT2D eigenvalue weighted by atomic mass is 32.2. The molecule has 0 aliphatic rings. The van der Waals surface area contributed by atoms with Gasteiger partial charge in [0.15, 0.2) is 0 Å². The van der Waals surface area contributed by atoms with Gasteiger partial charge in [0.05, 0.1) is 11.1 Å². The van der Waals surface area contributed by atoms with Crippen LogP contribution >= 0.6 is 0 Å². The Hall–Kier alpha value is -0.380. The molecule has 4 heteroatoms. The molecule has 13 heavy (non-hydrogen) atoms. The third kappa shape index (κ3) is 5.03. The van der Waals surface area contributed by atoms with Gasteiger partial charge in [-0.3, -0.25) is 0 Å². The summed E-state index contributed by atoms with van der Waals surface area (Å²) < 4.78 is 34.5. The van der Waals surface area contributed by atoms with Crippen LogP contribution in [0.25, 0.3) is 0 Å². The Morgan fingerprint density at radius 1 is 1.46 bits per heavy atom. The number of halogens is 1. The maximum atomic E-state index is 12.3. The summed E-state index contributed by atoms with van der Waals surface area (Å²) in [6.07, 6.45) is 3.10. The molecule has 0 radical (unpaired) electrons. The van der Waals surface area contributed by atoms with Gasteiger partial charge < -0.3 is 0 Å². The van der Waals surface area contributed by atoms with Gasteiger partial charge in [-0.05, 0) is 26.2 Å². The Labute approximate surface area is 79.8 Å². The van der Waals surface area contributed by atoms with E-state index < -0.39 is 15.1 Å². The summed E-state index contributed by atoms with van der Waals surface area (Å²) in [6, 6.07) is 0. The zero-order chi connectivity index (χ0) is 10.6. The van der Waals surface area contributed by atoms with Crippen LogP contribution in [-0.2, 0) is 9.84 Å². The molecule has 78 valence electrons. The summed E-state index contributed by atoms with van der Waals surface area (Å²) in [5.74, 6) is -0.298. The molecule has 0 aliphatic carbocycles. The molecule has 0 aromatic rings. The minimum atomic E-state index is -3.00. The summed E-state index contributed by atoms with van der Waals surface area (Å²) in [4.78, 5) is 0. The minimum Gasteiger partial charge on any atom is -0.229 e.